The van der Waals surface area contributed by atoms with E-state index in [2.05, 4.69) is 21.8 Å². The molecule has 1 aliphatic rings. The third-order valence-corrected chi connectivity index (χ3v) is 6.05. The average Bonchev–Trinajstić information content (AvgIpc) is 3.12. The Labute approximate surface area is 180 Å². The van der Waals surface area contributed by atoms with Crippen molar-refractivity contribution < 1.29 is 4.42 Å². The Hall–Kier alpha value is -1.50. The molecule has 160 valence electrons. The van der Waals surface area contributed by atoms with Gasteiger partial charge in [-0.25, -0.2) is 4.68 Å². The van der Waals surface area contributed by atoms with Crippen molar-refractivity contribution in [1.82, 2.24) is 19.6 Å². The molecule has 0 bridgehead atoms. The maximum Gasteiger partial charge on any atom is 0.288 e. The van der Waals surface area contributed by atoms with Crippen LogP contribution in [0.15, 0.2) is 34.7 Å². The van der Waals surface area contributed by atoms with Crippen molar-refractivity contribution in [3.63, 3.8) is 0 Å². The van der Waals surface area contributed by atoms with Gasteiger partial charge < -0.3 is 9.32 Å². The molecule has 3 rings (SSSR count). The number of rotatable bonds is 12. The van der Waals surface area contributed by atoms with Gasteiger partial charge in [0.1, 0.15) is 0 Å². The van der Waals surface area contributed by atoms with Gasteiger partial charge in [0.15, 0.2) is 0 Å². The molecule has 0 aliphatic carbocycles. The van der Waals surface area contributed by atoms with Crippen LogP contribution in [0.3, 0.4) is 0 Å². The van der Waals surface area contributed by atoms with Gasteiger partial charge in [0.2, 0.25) is 5.89 Å². The summed E-state index contributed by atoms with van der Waals surface area (Å²) in [5.41, 5.74) is 0.965. The molecule has 6 heteroatoms. The third-order valence-electron chi connectivity index (χ3n) is 5.75. The number of benzene rings is 1. The molecule has 1 aromatic heterocycles. The monoisotopic (exact) mass is 416 g/mol. The molecular formula is C23H36N4OS. The molecule has 0 saturated carbocycles. The van der Waals surface area contributed by atoms with Crippen molar-refractivity contribution >= 4 is 12.2 Å². The van der Waals surface area contributed by atoms with Crippen molar-refractivity contribution in [3.05, 3.63) is 35.2 Å². The normalized spacial score (nSPS) is 15.8. The van der Waals surface area contributed by atoms with Crippen LogP contribution in [-0.4, -0.2) is 52.3 Å². The van der Waals surface area contributed by atoms with E-state index in [-0.39, 0.29) is 0 Å². The number of aromatic nitrogens is 2. The lowest BCUT2D eigenvalue weighted by Crippen LogP contribution is -2.47. The van der Waals surface area contributed by atoms with Gasteiger partial charge in [-0.05, 0) is 37.3 Å². The van der Waals surface area contributed by atoms with Gasteiger partial charge in [-0.2, -0.15) is 0 Å². The van der Waals surface area contributed by atoms with Crippen LogP contribution in [0.1, 0.15) is 58.3 Å². The highest BCUT2D eigenvalue weighted by Gasteiger charge is 2.18. The average molecular weight is 417 g/mol. The second-order valence-electron chi connectivity index (χ2n) is 8.11. The van der Waals surface area contributed by atoms with Crippen LogP contribution in [0.25, 0.3) is 11.5 Å². The van der Waals surface area contributed by atoms with Crippen LogP contribution in [0, 0.1) is 4.84 Å². The van der Waals surface area contributed by atoms with E-state index >= 15 is 0 Å². The predicted octanol–water partition coefficient (Wildman–Crippen LogP) is 5.59. The second-order valence-corrected chi connectivity index (χ2v) is 8.46. The Bertz CT molecular complexity index is 750. The van der Waals surface area contributed by atoms with Gasteiger partial charge in [0.25, 0.3) is 4.84 Å². The molecule has 1 saturated heterocycles. The van der Waals surface area contributed by atoms with Crippen molar-refractivity contribution in [3.8, 4) is 11.5 Å². The standard InChI is InChI=1S/C23H36N4OS/c1-2-3-4-5-6-7-8-12-15-25-16-18-26(19-17-25)20-27-23(29)28-22(24-27)21-13-10-9-11-14-21/h9-11,13-14H,2-8,12,15-20H2,1H3. The number of hydrogen-bond donors (Lipinski definition) is 0. The molecule has 29 heavy (non-hydrogen) atoms. The summed E-state index contributed by atoms with van der Waals surface area (Å²) in [7, 11) is 0. The smallest absolute Gasteiger partial charge is 0.288 e. The summed E-state index contributed by atoms with van der Waals surface area (Å²) in [5, 5.41) is 4.58. The minimum atomic E-state index is 0.449. The van der Waals surface area contributed by atoms with Crippen LogP contribution in [0.5, 0.6) is 0 Å². The Morgan fingerprint density at radius 2 is 1.48 bits per heavy atom. The zero-order chi connectivity index (χ0) is 20.3. The van der Waals surface area contributed by atoms with Crippen molar-refractivity contribution in [1.29, 1.82) is 0 Å². The summed E-state index contributed by atoms with van der Waals surface area (Å²) < 4.78 is 7.51. The molecule has 0 spiro atoms. The van der Waals surface area contributed by atoms with Gasteiger partial charge in [-0.3, -0.25) is 4.90 Å². The van der Waals surface area contributed by atoms with Crippen LogP contribution >= 0.6 is 12.2 Å². The SMILES string of the molecule is CCCCCCCCCCN1CCN(Cn2nc(-c3ccccc3)oc2=S)CC1. The fraction of sp³-hybridized carbons (Fsp3) is 0.652. The lowest BCUT2D eigenvalue weighted by molar-refractivity contribution is 0.100. The first kappa shape index (κ1) is 22.2. The molecule has 2 heterocycles. The van der Waals surface area contributed by atoms with Crippen LogP contribution in [0.4, 0.5) is 0 Å². The van der Waals surface area contributed by atoms with Crippen molar-refractivity contribution in [2.24, 2.45) is 0 Å². The summed E-state index contributed by atoms with van der Waals surface area (Å²) in [6.07, 6.45) is 11.1. The number of hydrogen-bond acceptors (Lipinski definition) is 5. The maximum atomic E-state index is 5.70. The Balaban J connectivity index is 1.33. The zero-order valence-electron chi connectivity index (χ0n) is 17.9. The van der Waals surface area contributed by atoms with Gasteiger partial charge in [0, 0.05) is 31.7 Å². The van der Waals surface area contributed by atoms with Gasteiger partial charge in [-0.15, -0.1) is 5.10 Å². The van der Waals surface area contributed by atoms with Crippen molar-refractivity contribution in [2.75, 3.05) is 32.7 Å². The number of nitrogens with zero attached hydrogens (tertiary/aromatic N) is 4. The summed E-state index contributed by atoms with van der Waals surface area (Å²) in [6.45, 7) is 8.62. The zero-order valence-corrected chi connectivity index (χ0v) is 18.7. The highest BCUT2D eigenvalue weighted by Crippen LogP contribution is 2.17. The van der Waals surface area contributed by atoms with E-state index in [0.717, 1.165) is 31.7 Å². The lowest BCUT2D eigenvalue weighted by atomic mass is 10.1. The fourth-order valence-corrected chi connectivity index (χ4v) is 4.08. The molecule has 0 radical (unpaired) electrons. The van der Waals surface area contributed by atoms with Crippen LogP contribution in [0.2, 0.25) is 0 Å². The molecular weight excluding hydrogens is 380 g/mol. The van der Waals surface area contributed by atoms with E-state index in [4.69, 9.17) is 16.6 Å². The topological polar surface area (TPSA) is 37.4 Å². The second kappa shape index (κ2) is 12.3. The minimum absolute atomic E-state index is 0.449. The quantitative estimate of drug-likeness (QED) is 0.333. The van der Waals surface area contributed by atoms with E-state index in [9.17, 15) is 0 Å². The first-order valence-electron chi connectivity index (χ1n) is 11.3. The highest BCUT2D eigenvalue weighted by atomic mass is 32.1. The van der Waals surface area contributed by atoms with E-state index < -0.39 is 0 Å². The highest BCUT2D eigenvalue weighted by molar-refractivity contribution is 7.71. The van der Waals surface area contributed by atoms with Gasteiger partial charge >= 0.3 is 0 Å². The first-order valence-corrected chi connectivity index (χ1v) is 11.7. The largest absolute Gasteiger partial charge is 0.409 e. The van der Waals surface area contributed by atoms with E-state index in [0.29, 0.717) is 17.4 Å². The van der Waals surface area contributed by atoms with Crippen LogP contribution in [-0.2, 0) is 6.67 Å². The minimum Gasteiger partial charge on any atom is -0.409 e. The predicted molar refractivity (Wildman–Crippen MR) is 121 cm³/mol. The molecule has 0 amide bonds. The molecule has 0 unspecified atom stereocenters. The lowest BCUT2D eigenvalue weighted by Gasteiger charge is -2.34. The van der Waals surface area contributed by atoms with Gasteiger partial charge in [-0.1, -0.05) is 70.1 Å². The first-order chi connectivity index (χ1) is 14.3. The number of unbranched alkanes of at least 4 members (excludes halogenated alkanes) is 7. The van der Waals surface area contributed by atoms with E-state index in [1.807, 2.05) is 35.0 Å². The summed E-state index contributed by atoms with van der Waals surface area (Å²) in [6, 6.07) is 9.95. The number of piperazine rings is 1. The summed E-state index contributed by atoms with van der Waals surface area (Å²) in [5.74, 6) is 0.601. The molecule has 2 aromatic rings. The fourth-order valence-electron chi connectivity index (χ4n) is 3.91. The third kappa shape index (κ3) is 7.36. The van der Waals surface area contributed by atoms with E-state index in [1.165, 1.54) is 57.9 Å². The van der Waals surface area contributed by atoms with E-state index in [1.54, 1.807) is 0 Å². The molecule has 5 nitrogen and oxygen atoms in total. The maximum absolute atomic E-state index is 5.70. The molecule has 1 aromatic carbocycles. The van der Waals surface area contributed by atoms with Gasteiger partial charge in [0.05, 0.1) is 6.67 Å². The Kier molecular flexibility index (Phi) is 9.38. The molecule has 0 N–H and O–H groups in total. The molecule has 1 aliphatic heterocycles. The van der Waals surface area contributed by atoms with Crippen LogP contribution < -0.4 is 0 Å². The van der Waals surface area contributed by atoms with Crippen molar-refractivity contribution in [2.45, 2.75) is 65.0 Å². The summed E-state index contributed by atoms with van der Waals surface area (Å²) in [4.78, 5) is 5.47. The summed E-state index contributed by atoms with van der Waals surface area (Å²) >= 11 is 5.38. The molecule has 0 atom stereocenters. The Morgan fingerprint density at radius 1 is 0.862 bits per heavy atom. The Morgan fingerprint density at radius 3 is 2.17 bits per heavy atom. The molecule has 1 fully saturated rings.